The van der Waals surface area contributed by atoms with Crippen LogP contribution < -0.4 is 16.8 Å². The fourth-order valence-corrected chi connectivity index (χ4v) is 4.05. The number of methoxy groups -OCH3 is 1. The number of rotatable bonds is 7. The van der Waals surface area contributed by atoms with Crippen LogP contribution in [0.5, 0.6) is 0 Å². The molecule has 1 aliphatic carbocycles. The molecule has 0 aromatic heterocycles. The molecule has 0 spiro atoms. The van der Waals surface area contributed by atoms with E-state index < -0.39 is 5.97 Å². The van der Waals surface area contributed by atoms with Gasteiger partial charge in [-0.25, -0.2) is 4.79 Å². The molecule has 1 heterocycles. The van der Waals surface area contributed by atoms with Gasteiger partial charge in [0.1, 0.15) is 11.4 Å². The van der Waals surface area contributed by atoms with Crippen molar-refractivity contribution in [3.63, 3.8) is 0 Å². The molecular weight excluding hydrogens is 356 g/mol. The molecule has 2 fully saturated rings. The lowest BCUT2D eigenvalue weighted by molar-refractivity contribution is -0.142. The highest BCUT2D eigenvalue weighted by atomic mass is 16.5. The molecule has 7 heteroatoms. The lowest BCUT2D eigenvalue weighted by Gasteiger charge is -2.41. The highest BCUT2D eigenvalue weighted by molar-refractivity contribution is 5.92. The van der Waals surface area contributed by atoms with Gasteiger partial charge in [0.05, 0.1) is 12.2 Å². The van der Waals surface area contributed by atoms with E-state index in [0.29, 0.717) is 35.7 Å². The molecule has 0 radical (unpaired) electrons. The third-order valence-electron chi connectivity index (χ3n) is 5.47. The molecule has 1 saturated heterocycles. The number of likely N-dealkylation sites (tertiary alicyclic amines) is 1. The highest BCUT2D eigenvalue weighted by Crippen LogP contribution is 2.23. The van der Waals surface area contributed by atoms with E-state index in [0.717, 1.165) is 13.0 Å². The van der Waals surface area contributed by atoms with Crippen molar-refractivity contribution in [2.45, 2.75) is 83.6 Å². The maximum Gasteiger partial charge on any atom is 0.342 e. The molecule has 1 saturated carbocycles. The van der Waals surface area contributed by atoms with E-state index >= 15 is 0 Å². The van der Waals surface area contributed by atoms with Gasteiger partial charge in [-0.15, -0.1) is 0 Å². The molecule has 1 aliphatic heterocycles. The molecule has 5 N–H and O–H groups in total. The van der Waals surface area contributed by atoms with Crippen molar-refractivity contribution >= 4 is 5.97 Å². The zero-order valence-corrected chi connectivity index (χ0v) is 17.9. The summed E-state index contributed by atoms with van der Waals surface area (Å²) in [6.07, 6.45) is 8.72. The minimum Gasteiger partial charge on any atom is -0.459 e. The number of hydrogen-bond acceptors (Lipinski definition) is 7. The second kappa shape index (κ2) is 10.7. The monoisotopic (exact) mass is 394 g/mol. The molecule has 2 aliphatic rings. The van der Waals surface area contributed by atoms with Crippen LogP contribution >= 0.6 is 0 Å². The standard InChI is InChI=1S/C21H38N4O3/c1-14(2)28-21(26)17(12-15(3)22)20(23)25-11-10-18(19(13-25)27-4)24-16-8-6-5-7-9-16/h12,14,16,18-19,24H,5-11,13,22-23H2,1-4H3/b15-12-,20-17-/t18-,19+/m0/s1. The average Bonchev–Trinajstić information content (AvgIpc) is 2.66. The van der Waals surface area contributed by atoms with Crippen LogP contribution in [0.4, 0.5) is 0 Å². The third-order valence-corrected chi connectivity index (χ3v) is 5.47. The first-order valence-corrected chi connectivity index (χ1v) is 10.5. The Morgan fingerprint density at radius 3 is 2.43 bits per heavy atom. The van der Waals surface area contributed by atoms with Crippen LogP contribution in [0, 0.1) is 0 Å². The van der Waals surface area contributed by atoms with Gasteiger partial charge in [0.2, 0.25) is 0 Å². The Labute approximate surface area is 169 Å². The summed E-state index contributed by atoms with van der Waals surface area (Å²) in [5, 5.41) is 3.80. The van der Waals surface area contributed by atoms with E-state index in [-0.39, 0.29) is 12.2 Å². The molecule has 0 bridgehead atoms. The fourth-order valence-electron chi connectivity index (χ4n) is 4.05. The van der Waals surface area contributed by atoms with Gasteiger partial charge in [-0.05, 0) is 46.1 Å². The Balaban J connectivity index is 2.11. The second-order valence-corrected chi connectivity index (χ2v) is 8.26. The molecule has 0 unspecified atom stereocenters. The van der Waals surface area contributed by atoms with E-state index in [9.17, 15) is 4.79 Å². The van der Waals surface area contributed by atoms with E-state index in [1.165, 1.54) is 32.1 Å². The lowest BCUT2D eigenvalue weighted by Crippen LogP contribution is -2.56. The summed E-state index contributed by atoms with van der Waals surface area (Å²) in [7, 11) is 1.74. The molecular formula is C21H38N4O3. The summed E-state index contributed by atoms with van der Waals surface area (Å²) in [5.41, 5.74) is 13.0. The molecule has 2 rings (SSSR count). The maximum atomic E-state index is 12.5. The van der Waals surface area contributed by atoms with Gasteiger partial charge in [0, 0.05) is 38.0 Å². The van der Waals surface area contributed by atoms with Gasteiger partial charge in [-0.1, -0.05) is 19.3 Å². The van der Waals surface area contributed by atoms with E-state index in [4.69, 9.17) is 20.9 Å². The Bertz CT molecular complexity index is 578. The minimum atomic E-state index is -0.450. The summed E-state index contributed by atoms with van der Waals surface area (Å²) in [5.74, 6) is -0.0534. The summed E-state index contributed by atoms with van der Waals surface area (Å²) in [6.45, 7) is 6.74. The van der Waals surface area contributed by atoms with Crippen LogP contribution in [0.1, 0.15) is 59.3 Å². The largest absolute Gasteiger partial charge is 0.459 e. The average molecular weight is 395 g/mol. The molecule has 7 nitrogen and oxygen atoms in total. The number of esters is 1. The van der Waals surface area contributed by atoms with Gasteiger partial charge in [0.15, 0.2) is 0 Å². The summed E-state index contributed by atoms with van der Waals surface area (Å²) in [6, 6.07) is 0.880. The predicted molar refractivity (Wildman–Crippen MR) is 111 cm³/mol. The third kappa shape index (κ3) is 6.41. The molecule has 0 amide bonds. The predicted octanol–water partition coefficient (Wildman–Crippen LogP) is 1.98. The first-order valence-electron chi connectivity index (χ1n) is 10.5. The Kier molecular flexibility index (Phi) is 8.63. The van der Waals surface area contributed by atoms with Crippen LogP contribution in [0.3, 0.4) is 0 Å². The fraction of sp³-hybridized carbons (Fsp3) is 0.762. The molecule has 28 heavy (non-hydrogen) atoms. The van der Waals surface area contributed by atoms with Gasteiger partial charge in [0.25, 0.3) is 0 Å². The number of nitrogens with one attached hydrogen (secondary N) is 1. The zero-order chi connectivity index (χ0) is 20.7. The van der Waals surface area contributed by atoms with Crippen molar-refractivity contribution in [1.82, 2.24) is 10.2 Å². The van der Waals surface area contributed by atoms with Gasteiger partial charge >= 0.3 is 5.97 Å². The van der Waals surface area contributed by atoms with Crippen LogP contribution in [-0.2, 0) is 14.3 Å². The van der Waals surface area contributed by atoms with Crippen LogP contribution in [-0.4, -0.2) is 55.4 Å². The summed E-state index contributed by atoms with van der Waals surface area (Å²) in [4.78, 5) is 14.5. The van der Waals surface area contributed by atoms with E-state index in [1.54, 1.807) is 20.1 Å². The molecule has 160 valence electrons. The zero-order valence-electron chi connectivity index (χ0n) is 17.9. The van der Waals surface area contributed by atoms with Crippen molar-refractivity contribution in [2.24, 2.45) is 11.5 Å². The Morgan fingerprint density at radius 2 is 1.86 bits per heavy atom. The van der Waals surface area contributed by atoms with Gasteiger partial charge in [-0.3, -0.25) is 0 Å². The normalized spacial score (nSPS) is 25.6. The number of piperidine rings is 1. The van der Waals surface area contributed by atoms with Crippen LogP contribution in [0.25, 0.3) is 0 Å². The van der Waals surface area contributed by atoms with Crippen molar-refractivity contribution in [3.05, 3.63) is 23.2 Å². The smallest absolute Gasteiger partial charge is 0.342 e. The number of carbonyl (C=O) groups excluding carboxylic acids is 1. The summed E-state index contributed by atoms with van der Waals surface area (Å²) < 4.78 is 11.1. The van der Waals surface area contributed by atoms with Crippen molar-refractivity contribution in [3.8, 4) is 0 Å². The number of nitrogens with zero attached hydrogens (tertiary/aromatic N) is 1. The molecule has 0 aromatic carbocycles. The summed E-state index contributed by atoms with van der Waals surface area (Å²) >= 11 is 0. The number of allylic oxidation sites excluding steroid dienone is 1. The topological polar surface area (TPSA) is 103 Å². The van der Waals surface area contributed by atoms with Crippen LogP contribution in [0.15, 0.2) is 23.2 Å². The first kappa shape index (κ1) is 22.6. The quantitative estimate of drug-likeness (QED) is 0.345. The Morgan fingerprint density at radius 1 is 1.18 bits per heavy atom. The lowest BCUT2D eigenvalue weighted by atomic mass is 9.92. The van der Waals surface area contributed by atoms with Crippen LogP contribution in [0.2, 0.25) is 0 Å². The minimum absolute atomic E-state index is 0.0135. The Hall–Kier alpha value is -1.73. The van der Waals surface area contributed by atoms with E-state index in [1.807, 2.05) is 18.7 Å². The van der Waals surface area contributed by atoms with Crippen molar-refractivity contribution in [2.75, 3.05) is 20.2 Å². The van der Waals surface area contributed by atoms with Gasteiger partial charge < -0.3 is 31.2 Å². The number of ether oxygens (including phenoxy) is 2. The second-order valence-electron chi connectivity index (χ2n) is 8.26. The first-order chi connectivity index (χ1) is 13.3. The molecule has 0 aromatic rings. The van der Waals surface area contributed by atoms with Gasteiger partial charge in [-0.2, -0.15) is 0 Å². The number of nitrogens with two attached hydrogens (primary N) is 2. The van der Waals surface area contributed by atoms with Crippen molar-refractivity contribution in [1.29, 1.82) is 0 Å². The molecule has 2 atom stereocenters. The van der Waals surface area contributed by atoms with Crippen molar-refractivity contribution < 1.29 is 14.3 Å². The number of hydrogen-bond donors (Lipinski definition) is 3. The van der Waals surface area contributed by atoms with E-state index in [2.05, 4.69) is 5.32 Å². The highest BCUT2D eigenvalue weighted by Gasteiger charge is 2.32. The SMILES string of the molecule is CO[C@@H]1CN(/C(N)=C(/C=C(/C)N)C(=O)OC(C)C)CC[C@@H]1NC1CCCCC1. The maximum absolute atomic E-state index is 12.5. The number of carbonyl (C=O) groups is 1.